The SMILES string of the molecule is CC1CCc2cc(Cl)ccc2C1C. The second-order valence-corrected chi connectivity index (χ2v) is 4.58. The largest absolute Gasteiger partial charge is 0.0843 e. The molecule has 70 valence electrons. The Morgan fingerprint density at radius 2 is 2.08 bits per heavy atom. The van der Waals surface area contributed by atoms with Gasteiger partial charge in [0.25, 0.3) is 0 Å². The second-order valence-electron chi connectivity index (χ2n) is 4.15. The number of benzene rings is 1. The maximum atomic E-state index is 5.96. The number of aryl methyl sites for hydroxylation is 1. The fraction of sp³-hybridized carbons (Fsp3) is 0.500. The summed E-state index contributed by atoms with van der Waals surface area (Å²) < 4.78 is 0. The summed E-state index contributed by atoms with van der Waals surface area (Å²) >= 11 is 5.96. The molecular weight excluding hydrogens is 180 g/mol. The van der Waals surface area contributed by atoms with Crippen LogP contribution < -0.4 is 0 Å². The van der Waals surface area contributed by atoms with Crippen LogP contribution in [0.25, 0.3) is 0 Å². The highest BCUT2D eigenvalue weighted by molar-refractivity contribution is 6.30. The predicted molar refractivity (Wildman–Crippen MR) is 57.4 cm³/mol. The van der Waals surface area contributed by atoms with Crippen LogP contribution in [0.1, 0.15) is 37.3 Å². The molecule has 0 bridgehead atoms. The van der Waals surface area contributed by atoms with E-state index in [0.717, 1.165) is 10.9 Å². The van der Waals surface area contributed by atoms with Gasteiger partial charge in [-0.1, -0.05) is 31.5 Å². The molecule has 0 aliphatic heterocycles. The topological polar surface area (TPSA) is 0 Å². The minimum Gasteiger partial charge on any atom is -0.0843 e. The Morgan fingerprint density at radius 1 is 1.31 bits per heavy atom. The van der Waals surface area contributed by atoms with Crippen molar-refractivity contribution in [2.24, 2.45) is 5.92 Å². The first kappa shape index (κ1) is 9.08. The molecule has 2 unspecified atom stereocenters. The van der Waals surface area contributed by atoms with Gasteiger partial charge >= 0.3 is 0 Å². The van der Waals surface area contributed by atoms with E-state index in [1.165, 1.54) is 24.0 Å². The van der Waals surface area contributed by atoms with Crippen LogP contribution in [0.15, 0.2) is 18.2 Å². The molecule has 0 nitrogen and oxygen atoms in total. The van der Waals surface area contributed by atoms with Crippen LogP contribution >= 0.6 is 11.6 Å². The van der Waals surface area contributed by atoms with Crippen molar-refractivity contribution in [1.29, 1.82) is 0 Å². The summed E-state index contributed by atoms with van der Waals surface area (Å²) in [6.45, 7) is 4.65. The third kappa shape index (κ3) is 1.60. The summed E-state index contributed by atoms with van der Waals surface area (Å²) in [5.41, 5.74) is 2.96. The third-order valence-corrected chi connectivity index (χ3v) is 3.55. The van der Waals surface area contributed by atoms with E-state index in [9.17, 15) is 0 Å². The average Bonchev–Trinajstić information content (AvgIpc) is 2.12. The minimum atomic E-state index is 0.695. The van der Waals surface area contributed by atoms with Crippen molar-refractivity contribution in [3.05, 3.63) is 34.3 Å². The molecule has 2 rings (SSSR count). The molecule has 0 spiro atoms. The molecule has 1 aliphatic rings. The van der Waals surface area contributed by atoms with Crippen LogP contribution in [0.3, 0.4) is 0 Å². The van der Waals surface area contributed by atoms with Gasteiger partial charge < -0.3 is 0 Å². The van der Waals surface area contributed by atoms with Crippen molar-refractivity contribution in [3.63, 3.8) is 0 Å². The van der Waals surface area contributed by atoms with Crippen LogP contribution in [0.2, 0.25) is 5.02 Å². The molecule has 0 saturated carbocycles. The van der Waals surface area contributed by atoms with E-state index in [1.807, 2.05) is 6.07 Å². The van der Waals surface area contributed by atoms with E-state index < -0.39 is 0 Å². The minimum absolute atomic E-state index is 0.695. The summed E-state index contributed by atoms with van der Waals surface area (Å²) in [5.74, 6) is 1.51. The van der Waals surface area contributed by atoms with Crippen molar-refractivity contribution < 1.29 is 0 Å². The number of halogens is 1. The van der Waals surface area contributed by atoms with Gasteiger partial charge in [0.2, 0.25) is 0 Å². The zero-order chi connectivity index (χ0) is 9.42. The average molecular weight is 195 g/mol. The third-order valence-electron chi connectivity index (χ3n) is 3.32. The summed E-state index contributed by atoms with van der Waals surface area (Å²) in [6.07, 6.45) is 2.50. The molecule has 0 N–H and O–H groups in total. The maximum absolute atomic E-state index is 5.96. The highest BCUT2D eigenvalue weighted by Crippen LogP contribution is 2.36. The van der Waals surface area contributed by atoms with E-state index in [1.54, 1.807) is 0 Å². The van der Waals surface area contributed by atoms with Gasteiger partial charge in [0.1, 0.15) is 0 Å². The van der Waals surface area contributed by atoms with Gasteiger partial charge in [-0.05, 0) is 47.9 Å². The first-order chi connectivity index (χ1) is 6.18. The van der Waals surface area contributed by atoms with Gasteiger partial charge in [0.05, 0.1) is 0 Å². The Labute approximate surface area is 84.9 Å². The van der Waals surface area contributed by atoms with E-state index in [2.05, 4.69) is 26.0 Å². The van der Waals surface area contributed by atoms with Gasteiger partial charge in [0.15, 0.2) is 0 Å². The molecule has 2 atom stereocenters. The highest BCUT2D eigenvalue weighted by Gasteiger charge is 2.22. The van der Waals surface area contributed by atoms with E-state index >= 15 is 0 Å². The summed E-state index contributed by atoms with van der Waals surface area (Å²) in [6, 6.07) is 6.33. The Balaban J connectivity index is 2.44. The van der Waals surface area contributed by atoms with Crippen molar-refractivity contribution in [2.45, 2.75) is 32.6 Å². The van der Waals surface area contributed by atoms with Crippen LogP contribution in [0.4, 0.5) is 0 Å². The monoisotopic (exact) mass is 194 g/mol. The molecule has 0 aromatic heterocycles. The van der Waals surface area contributed by atoms with E-state index in [0.29, 0.717) is 5.92 Å². The van der Waals surface area contributed by atoms with Crippen molar-refractivity contribution in [2.75, 3.05) is 0 Å². The fourth-order valence-corrected chi connectivity index (χ4v) is 2.37. The second kappa shape index (κ2) is 3.34. The van der Waals surface area contributed by atoms with E-state index in [4.69, 9.17) is 11.6 Å². The summed E-state index contributed by atoms with van der Waals surface area (Å²) in [4.78, 5) is 0. The lowest BCUT2D eigenvalue weighted by Gasteiger charge is -2.28. The van der Waals surface area contributed by atoms with E-state index in [-0.39, 0.29) is 0 Å². The van der Waals surface area contributed by atoms with Crippen LogP contribution in [-0.4, -0.2) is 0 Å². The lowest BCUT2D eigenvalue weighted by molar-refractivity contribution is 0.426. The number of hydrogen-bond donors (Lipinski definition) is 0. The molecule has 13 heavy (non-hydrogen) atoms. The molecule has 1 aromatic rings. The van der Waals surface area contributed by atoms with Crippen LogP contribution in [0, 0.1) is 5.92 Å². The first-order valence-corrected chi connectivity index (χ1v) is 5.34. The molecule has 1 heteroatoms. The zero-order valence-corrected chi connectivity index (χ0v) is 8.93. The molecule has 1 aromatic carbocycles. The zero-order valence-electron chi connectivity index (χ0n) is 8.18. The number of rotatable bonds is 0. The molecular formula is C12H15Cl. The summed E-state index contributed by atoms with van der Waals surface area (Å²) in [7, 11) is 0. The molecule has 0 amide bonds. The van der Waals surface area contributed by atoms with Crippen molar-refractivity contribution in [3.8, 4) is 0 Å². The summed E-state index contributed by atoms with van der Waals surface area (Å²) in [5, 5.41) is 0.875. The lowest BCUT2D eigenvalue weighted by Crippen LogP contribution is -2.15. The van der Waals surface area contributed by atoms with Crippen LogP contribution in [-0.2, 0) is 6.42 Å². The molecule has 1 aliphatic carbocycles. The smallest absolute Gasteiger partial charge is 0.0408 e. The Morgan fingerprint density at radius 3 is 2.85 bits per heavy atom. The predicted octanol–water partition coefficient (Wildman–Crippen LogP) is 4.03. The highest BCUT2D eigenvalue weighted by atomic mass is 35.5. The fourth-order valence-electron chi connectivity index (χ4n) is 2.17. The number of hydrogen-bond acceptors (Lipinski definition) is 0. The number of fused-ring (bicyclic) bond motifs is 1. The van der Waals surface area contributed by atoms with Crippen molar-refractivity contribution in [1.82, 2.24) is 0 Å². The lowest BCUT2D eigenvalue weighted by atomic mass is 9.77. The Bertz CT molecular complexity index is 317. The Hall–Kier alpha value is -0.490. The quantitative estimate of drug-likeness (QED) is 0.585. The molecule has 0 fully saturated rings. The van der Waals surface area contributed by atoms with Gasteiger partial charge in [0, 0.05) is 5.02 Å². The van der Waals surface area contributed by atoms with Crippen LogP contribution in [0.5, 0.6) is 0 Å². The van der Waals surface area contributed by atoms with Gasteiger partial charge in [-0.25, -0.2) is 0 Å². The van der Waals surface area contributed by atoms with Gasteiger partial charge in [-0.2, -0.15) is 0 Å². The van der Waals surface area contributed by atoms with Gasteiger partial charge in [-0.3, -0.25) is 0 Å². The van der Waals surface area contributed by atoms with Crippen molar-refractivity contribution >= 4 is 11.6 Å². The molecule has 0 radical (unpaired) electrons. The first-order valence-electron chi connectivity index (χ1n) is 4.97. The Kier molecular flexibility index (Phi) is 2.33. The normalized spacial score (nSPS) is 27.0. The molecule has 0 heterocycles. The molecule has 0 saturated heterocycles. The standard InChI is InChI=1S/C12H15Cl/c1-8-3-4-10-7-11(13)5-6-12(10)9(8)2/h5-9H,3-4H2,1-2H3. The maximum Gasteiger partial charge on any atom is 0.0408 e. The van der Waals surface area contributed by atoms with Gasteiger partial charge in [-0.15, -0.1) is 0 Å².